The molecule has 0 fully saturated rings. The van der Waals surface area contributed by atoms with Crippen LogP contribution in [0.5, 0.6) is 0 Å². The van der Waals surface area contributed by atoms with Crippen molar-refractivity contribution < 1.29 is 14.4 Å². The van der Waals surface area contributed by atoms with Crippen molar-refractivity contribution in [3.8, 4) is 0 Å². The summed E-state index contributed by atoms with van der Waals surface area (Å²) in [6, 6.07) is 9.25. The Morgan fingerprint density at radius 1 is 1.08 bits per heavy atom. The van der Waals surface area contributed by atoms with Crippen LogP contribution in [0.1, 0.15) is 33.6 Å². The minimum absolute atomic E-state index is 0.0423. The lowest BCUT2D eigenvalue weighted by molar-refractivity contribution is -0.133. The Bertz CT molecular complexity index is 769. The van der Waals surface area contributed by atoms with Crippen LogP contribution in [0.2, 0.25) is 0 Å². The van der Waals surface area contributed by atoms with Gasteiger partial charge < -0.3 is 10.2 Å². The summed E-state index contributed by atoms with van der Waals surface area (Å²) < 4.78 is 0. The smallest absolute Gasteiger partial charge is 0.243 e. The van der Waals surface area contributed by atoms with E-state index in [1.807, 2.05) is 43.5 Å². The molecular formula is C19H22N2O3S. The molecule has 1 N–H and O–H groups in total. The predicted octanol–water partition coefficient (Wildman–Crippen LogP) is 3.42. The zero-order chi connectivity index (χ0) is 18.4. The number of carbonyl (C=O) groups excluding carboxylic acids is 3. The van der Waals surface area contributed by atoms with Gasteiger partial charge in [-0.05, 0) is 42.5 Å². The number of nitrogens with zero attached hydrogens (tertiary/aromatic N) is 1. The number of likely N-dealkylation sites (N-methyl/N-ethyl adjacent to an activating group) is 1. The number of aryl methyl sites for hydroxylation is 1. The molecule has 1 aromatic carbocycles. The van der Waals surface area contributed by atoms with Crippen molar-refractivity contribution >= 4 is 34.6 Å². The molecule has 0 unspecified atom stereocenters. The lowest BCUT2D eigenvalue weighted by Crippen LogP contribution is -2.35. The molecule has 2 aromatic rings. The Morgan fingerprint density at radius 3 is 2.52 bits per heavy atom. The van der Waals surface area contributed by atoms with Crippen LogP contribution in [0.15, 0.2) is 35.7 Å². The molecule has 6 heteroatoms. The van der Waals surface area contributed by atoms with Gasteiger partial charge in [0.2, 0.25) is 11.8 Å². The second-order valence-corrected chi connectivity index (χ2v) is 6.89. The van der Waals surface area contributed by atoms with Gasteiger partial charge in [-0.15, -0.1) is 11.3 Å². The van der Waals surface area contributed by atoms with E-state index >= 15 is 0 Å². The molecule has 2 amide bonds. The Kier molecular flexibility index (Phi) is 6.47. The van der Waals surface area contributed by atoms with E-state index < -0.39 is 0 Å². The molecule has 5 nitrogen and oxygen atoms in total. The van der Waals surface area contributed by atoms with Crippen LogP contribution in [0.4, 0.5) is 5.69 Å². The highest BCUT2D eigenvalue weighted by Crippen LogP contribution is 2.18. The fourth-order valence-corrected chi connectivity index (χ4v) is 3.05. The molecule has 1 aromatic heterocycles. The van der Waals surface area contributed by atoms with E-state index in [1.165, 1.54) is 16.2 Å². The fraction of sp³-hybridized carbons (Fsp3) is 0.316. The molecule has 0 bridgehead atoms. The van der Waals surface area contributed by atoms with Gasteiger partial charge >= 0.3 is 0 Å². The third-order valence-corrected chi connectivity index (χ3v) is 4.96. The van der Waals surface area contributed by atoms with Crippen LogP contribution in [-0.2, 0) is 9.59 Å². The summed E-state index contributed by atoms with van der Waals surface area (Å²) in [5, 5.41) is 4.66. The number of benzene rings is 1. The topological polar surface area (TPSA) is 66.5 Å². The standard InChI is InChI=1S/C19H22N2O3S/c1-13-6-4-7-15(14(13)2)20-18(23)12-21(3)19(24)10-9-16(22)17-8-5-11-25-17/h4-8,11H,9-10,12H2,1-3H3,(H,20,23). The summed E-state index contributed by atoms with van der Waals surface area (Å²) in [5.41, 5.74) is 2.85. The molecule has 25 heavy (non-hydrogen) atoms. The molecule has 132 valence electrons. The molecular weight excluding hydrogens is 336 g/mol. The van der Waals surface area contributed by atoms with E-state index in [-0.39, 0.29) is 37.0 Å². The molecule has 0 saturated carbocycles. The van der Waals surface area contributed by atoms with Crippen LogP contribution in [0.25, 0.3) is 0 Å². The lowest BCUT2D eigenvalue weighted by atomic mass is 10.1. The van der Waals surface area contributed by atoms with Crippen molar-refractivity contribution in [2.24, 2.45) is 0 Å². The Morgan fingerprint density at radius 2 is 1.84 bits per heavy atom. The number of rotatable bonds is 7. The zero-order valence-corrected chi connectivity index (χ0v) is 15.5. The van der Waals surface area contributed by atoms with Gasteiger partial charge in [0, 0.05) is 25.6 Å². The van der Waals surface area contributed by atoms with Crippen molar-refractivity contribution in [1.29, 1.82) is 0 Å². The maximum atomic E-state index is 12.1. The summed E-state index contributed by atoms with van der Waals surface area (Å²) >= 11 is 1.37. The monoisotopic (exact) mass is 358 g/mol. The predicted molar refractivity (Wildman–Crippen MR) is 100 cm³/mol. The van der Waals surface area contributed by atoms with Gasteiger partial charge in [-0.2, -0.15) is 0 Å². The Balaban J connectivity index is 1.82. The highest BCUT2D eigenvalue weighted by atomic mass is 32.1. The maximum Gasteiger partial charge on any atom is 0.243 e. The van der Waals surface area contributed by atoms with E-state index in [1.54, 1.807) is 13.1 Å². The van der Waals surface area contributed by atoms with Gasteiger partial charge in [0.1, 0.15) is 0 Å². The van der Waals surface area contributed by atoms with Crippen LogP contribution < -0.4 is 5.32 Å². The first-order valence-electron chi connectivity index (χ1n) is 8.05. The number of nitrogens with one attached hydrogen (secondary N) is 1. The summed E-state index contributed by atoms with van der Waals surface area (Å²) in [5.74, 6) is -0.522. The number of amides is 2. The SMILES string of the molecule is Cc1cccc(NC(=O)CN(C)C(=O)CCC(=O)c2cccs2)c1C. The van der Waals surface area contributed by atoms with Crippen molar-refractivity contribution in [2.45, 2.75) is 26.7 Å². The summed E-state index contributed by atoms with van der Waals surface area (Å²) in [4.78, 5) is 38.2. The number of ketones is 1. The van der Waals surface area contributed by atoms with Crippen molar-refractivity contribution in [2.75, 3.05) is 18.9 Å². The number of thiophene rings is 1. The number of anilines is 1. The molecule has 0 spiro atoms. The van der Waals surface area contributed by atoms with Gasteiger partial charge in [-0.3, -0.25) is 14.4 Å². The molecule has 1 heterocycles. The molecule has 0 aliphatic rings. The zero-order valence-electron chi connectivity index (χ0n) is 14.7. The molecule has 0 aliphatic carbocycles. The molecule has 2 rings (SSSR count). The Labute approximate surface area is 151 Å². The first-order chi connectivity index (χ1) is 11.9. The van der Waals surface area contributed by atoms with E-state index in [4.69, 9.17) is 0 Å². The normalized spacial score (nSPS) is 10.4. The molecule has 0 saturated heterocycles. The number of hydrogen-bond donors (Lipinski definition) is 1. The first-order valence-corrected chi connectivity index (χ1v) is 8.93. The number of hydrogen-bond acceptors (Lipinski definition) is 4. The second kappa shape index (κ2) is 8.58. The number of Topliss-reactive ketones (excluding diaryl/α,β-unsaturated/α-hetero) is 1. The lowest BCUT2D eigenvalue weighted by Gasteiger charge is -2.17. The van der Waals surface area contributed by atoms with Crippen LogP contribution in [0.3, 0.4) is 0 Å². The van der Waals surface area contributed by atoms with Gasteiger partial charge in [-0.1, -0.05) is 18.2 Å². The van der Waals surface area contributed by atoms with Crippen LogP contribution in [-0.4, -0.2) is 36.1 Å². The highest BCUT2D eigenvalue weighted by molar-refractivity contribution is 7.12. The average Bonchev–Trinajstić information content (AvgIpc) is 3.11. The average molecular weight is 358 g/mol. The van der Waals surface area contributed by atoms with Gasteiger partial charge in [0.25, 0.3) is 0 Å². The van der Waals surface area contributed by atoms with Gasteiger partial charge in [-0.25, -0.2) is 0 Å². The molecule has 0 aliphatic heterocycles. The quantitative estimate of drug-likeness (QED) is 0.771. The minimum atomic E-state index is -0.255. The number of carbonyl (C=O) groups is 3. The third-order valence-electron chi connectivity index (χ3n) is 4.05. The van der Waals surface area contributed by atoms with E-state index in [2.05, 4.69) is 5.32 Å². The fourth-order valence-electron chi connectivity index (χ4n) is 2.35. The van der Waals surface area contributed by atoms with E-state index in [9.17, 15) is 14.4 Å². The van der Waals surface area contributed by atoms with Crippen LogP contribution >= 0.6 is 11.3 Å². The third kappa shape index (κ3) is 5.26. The summed E-state index contributed by atoms with van der Waals surface area (Å²) in [6.07, 6.45) is 0.256. The van der Waals surface area contributed by atoms with E-state index in [0.717, 1.165) is 16.8 Å². The largest absolute Gasteiger partial charge is 0.336 e. The van der Waals surface area contributed by atoms with Crippen molar-refractivity contribution in [3.63, 3.8) is 0 Å². The summed E-state index contributed by atoms with van der Waals surface area (Å²) in [6.45, 7) is 3.88. The van der Waals surface area contributed by atoms with E-state index in [0.29, 0.717) is 4.88 Å². The maximum absolute atomic E-state index is 12.1. The van der Waals surface area contributed by atoms with Gasteiger partial charge in [0.15, 0.2) is 5.78 Å². The molecule has 0 atom stereocenters. The van der Waals surface area contributed by atoms with Crippen molar-refractivity contribution in [3.05, 3.63) is 51.7 Å². The Hall–Kier alpha value is -2.47. The second-order valence-electron chi connectivity index (χ2n) is 5.95. The first kappa shape index (κ1) is 18.9. The highest BCUT2D eigenvalue weighted by Gasteiger charge is 2.16. The van der Waals surface area contributed by atoms with Crippen LogP contribution in [0, 0.1) is 13.8 Å². The van der Waals surface area contributed by atoms with Crippen molar-refractivity contribution in [1.82, 2.24) is 4.90 Å². The molecule has 0 radical (unpaired) electrons. The summed E-state index contributed by atoms with van der Waals surface area (Å²) in [7, 11) is 1.57. The van der Waals surface area contributed by atoms with Gasteiger partial charge in [0.05, 0.1) is 11.4 Å². The minimum Gasteiger partial charge on any atom is -0.336 e.